The Kier molecular flexibility index (Phi) is 8.85. The molecule has 0 aliphatic heterocycles. The van der Waals surface area contributed by atoms with E-state index >= 15 is 0 Å². The zero-order valence-corrected chi connectivity index (χ0v) is 13.9. The van der Waals surface area contributed by atoms with Gasteiger partial charge in [-0.05, 0) is 31.0 Å². The number of nitrogens with one attached hydrogen (secondary N) is 1. The number of aliphatic hydroxyl groups excluding tert-OH is 1. The van der Waals surface area contributed by atoms with Crippen LogP contribution in [0.5, 0.6) is 0 Å². The second-order valence-corrected chi connectivity index (χ2v) is 5.52. The molecule has 0 fully saturated rings. The number of hydrogen-bond acceptors (Lipinski definition) is 4. The Labute approximate surface area is 130 Å². The third kappa shape index (κ3) is 5.79. The molecule has 0 unspecified atom stereocenters. The number of ether oxygens (including phenoxy) is 1. The van der Waals surface area contributed by atoms with E-state index in [1.54, 1.807) is 7.11 Å². The maximum atomic E-state index is 9.02. The summed E-state index contributed by atoms with van der Waals surface area (Å²) in [5, 5.41) is 12.4. The maximum absolute atomic E-state index is 9.02. The first-order valence-corrected chi connectivity index (χ1v) is 7.86. The van der Waals surface area contributed by atoms with Crippen molar-refractivity contribution >= 4 is 21.6 Å². The van der Waals surface area contributed by atoms with Gasteiger partial charge in [-0.15, -0.1) is 0 Å². The van der Waals surface area contributed by atoms with Gasteiger partial charge in [-0.2, -0.15) is 0 Å². The van der Waals surface area contributed by atoms with Crippen molar-refractivity contribution in [2.75, 3.05) is 44.9 Å². The van der Waals surface area contributed by atoms with Crippen LogP contribution in [0.3, 0.4) is 0 Å². The van der Waals surface area contributed by atoms with Gasteiger partial charge in [-0.1, -0.05) is 22.0 Å². The van der Waals surface area contributed by atoms with Crippen LogP contribution in [-0.2, 0) is 11.3 Å². The van der Waals surface area contributed by atoms with Gasteiger partial charge in [-0.25, -0.2) is 0 Å². The number of halogens is 1. The molecule has 0 aliphatic rings. The summed E-state index contributed by atoms with van der Waals surface area (Å²) in [6, 6.07) is 6.35. The van der Waals surface area contributed by atoms with Crippen LogP contribution in [0, 0.1) is 0 Å². The fourth-order valence-electron chi connectivity index (χ4n) is 2.09. The van der Waals surface area contributed by atoms with E-state index in [9.17, 15) is 0 Å². The molecule has 0 radical (unpaired) electrons. The van der Waals surface area contributed by atoms with E-state index in [0.29, 0.717) is 6.61 Å². The van der Waals surface area contributed by atoms with E-state index in [1.165, 1.54) is 11.3 Å². The Hall–Kier alpha value is -0.620. The predicted molar refractivity (Wildman–Crippen MR) is 87.3 cm³/mol. The van der Waals surface area contributed by atoms with Crippen molar-refractivity contribution in [2.45, 2.75) is 19.9 Å². The molecule has 0 atom stereocenters. The zero-order chi connectivity index (χ0) is 14.8. The average Bonchev–Trinajstić information content (AvgIpc) is 2.46. The highest BCUT2D eigenvalue weighted by atomic mass is 79.9. The molecule has 0 spiro atoms. The first kappa shape index (κ1) is 17.4. The molecule has 5 heteroatoms. The van der Waals surface area contributed by atoms with Gasteiger partial charge in [0.25, 0.3) is 0 Å². The lowest BCUT2D eigenvalue weighted by atomic mass is 10.1. The van der Waals surface area contributed by atoms with Crippen molar-refractivity contribution in [1.82, 2.24) is 5.32 Å². The molecule has 1 aromatic carbocycles. The molecule has 4 nitrogen and oxygen atoms in total. The number of anilines is 1. The van der Waals surface area contributed by atoms with Crippen LogP contribution in [0.25, 0.3) is 0 Å². The van der Waals surface area contributed by atoms with Crippen LogP contribution in [0.15, 0.2) is 22.7 Å². The summed E-state index contributed by atoms with van der Waals surface area (Å²) in [6.45, 7) is 6.55. The lowest BCUT2D eigenvalue weighted by Gasteiger charge is -2.26. The lowest BCUT2D eigenvalue weighted by molar-refractivity contribution is 0.199. The molecule has 0 saturated heterocycles. The Morgan fingerprint density at radius 2 is 2.20 bits per heavy atom. The minimum atomic E-state index is 0.228. The minimum absolute atomic E-state index is 0.228. The molecule has 0 aliphatic carbocycles. The van der Waals surface area contributed by atoms with E-state index < -0.39 is 0 Å². The number of methoxy groups -OCH3 is 1. The van der Waals surface area contributed by atoms with Gasteiger partial charge < -0.3 is 20.1 Å². The second-order valence-electron chi connectivity index (χ2n) is 4.60. The quantitative estimate of drug-likeness (QED) is 0.639. The molecule has 0 bridgehead atoms. The van der Waals surface area contributed by atoms with Crippen molar-refractivity contribution in [3.8, 4) is 0 Å². The summed E-state index contributed by atoms with van der Waals surface area (Å²) in [5.41, 5.74) is 2.49. The van der Waals surface area contributed by atoms with E-state index in [0.717, 1.165) is 37.1 Å². The fourth-order valence-corrected chi connectivity index (χ4v) is 2.44. The largest absolute Gasteiger partial charge is 0.396 e. The summed E-state index contributed by atoms with van der Waals surface area (Å²) < 4.78 is 6.12. The highest BCUT2D eigenvalue weighted by Crippen LogP contribution is 2.25. The summed E-state index contributed by atoms with van der Waals surface area (Å²) in [5.74, 6) is 0. The monoisotopic (exact) mass is 344 g/mol. The summed E-state index contributed by atoms with van der Waals surface area (Å²) in [6.07, 6.45) is 0.789. The molecule has 20 heavy (non-hydrogen) atoms. The molecule has 0 saturated carbocycles. The fraction of sp³-hybridized carbons (Fsp3) is 0.600. The van der Waals surface area contributed by atoms with E-state index in [4.69, 9.17) is 9.84 Å². The standard InChI is InChI=1S/C15H25BrN2O2/c1-3-18(8-4-9-19)15-11-14(16)6-5-13(15)12-17-7-10-20-2/h5-6,11,17,19H,3-4,7-10,12H2,1-2H3. The van der Waals surface area contributed by atoms with Crippen LogP contribution in [0.2, 0.25) is 0 Å². The SMILES string of the molecule is CCN(CCCO)c1cc(Br)ccc1CNCCOC. The molecule has 1 rings (SSSR count). The van der Waals surface area contributed by atoms with E-state index in [2.05, 4.69) is 51.3 Å². The smallest absolute Gasteiger partial charge is 0.0587 e. The Bertz CT molecular complexity index is 388. The van der Waals surface area contributed by atoms with Crippen LogP contribution in [0.1, 0.15) is 18.9 Å². The van der Waals surface area contributed by atoms with Crippen LogP contribution < -0.4 is 10.2 Å². The number of nitrogens with zero attached hydrogens (tertiary/aromatic N) is 1. The normalized spacial score (nSPS) is 10.8. The molecular weight excluding hydrogens is 320 g/mol. The van der Waals surface area contributed by atoms with Gasteiger partial charge in [-0.3, -0.25) is 0 Å². The molecular formula is C15H25BrN2O2. The van der Waals surface area contributed by atoms with Gasteiger partial charge in [0.1, 0.15) is 0 Å². The third-order valence-corrected chi connectivity index (χ3v) is 3.65. The Morgan fingerprint density at radius 3 is 2.85 bits per heavy atom. The minimum Gasteiger partial charge on any atom is -0.396 e. The number of hydrogen-bond donors (Lipinski definition) is 2. The van der Waals surface area contributed by atoms with Crippen molar-refractivity contribution in [2.24, 2.45) is 0 Å². The van der Waals surface area contributed by atoms with Gasteiger partial charge in [0.15, 0.2) is 0 Å². The lowest BCUT2D eigenvalue weighted by Crippen LogP contribution is -2.27. The molecule has 0 heterocycles. The van der Waals surface area contributed by atoms with Crippen LogP contribution in [0.4, 0.5) is 5.69 Å². The van der Waals surface area contributed by atoms with Crippen LogP contribution >= 0.6 is 15.9 Å². The maximum Gasteiger partial charge on any atom is 0.0587 e. The highest BCUT2D eigenvalue weighted by molar-refractivity contribution is 9.10. The zero-order valence-electron chi connectivity index (χ0n) is 12.4. The highest BCUT2D eigenvalue weighted by Gasteiger charge is 2.10. The molecule has 2 N–H and O–H groups in total. The average molecular weight is 345 g/mol. The molecule has 114 valence electrons. The summed E-state index contributed by atoms with van der Waals surface area (Å²) >= 11 is 3.54. The van der Waals surface area contributed by atoms with Gasteiger partial charge in [0.05, 0.1) is 6.61 Å². The first-order valence-electron chi connectivity index (χ1n) is 7.06. The van der Waals surface area contributed by atoms with Crippen LogP contribution in [-0.4, -0.2) is 45.1 Å². The van der Waals surface area contributed by atoms with Crippen molar-refractivity contribution < 1.29 is 9.84 Å². The number of aliphatic hydroxyl groups is 1. The molecule has 0 amide bonds. The number of rotatable bonds is 10. The Morgan fingerprint density at radius 1 is 1.40 bits per heavy atom. The van der Waals surface area contributed by atoms with E-state index in [1.807, 2.05) is 0 Å². The van der Waals surface area contributed by atoms with Crippen molar-refractivity contribution in [3.63, 3.8) is 0 Å². The van der Waals surface area contributed by atoms with Crippen molar-refractivity contribution in [1.29, 1.82) is 0 Å². The van der Waals surface area contributed by atoms with Gasteiger partial charge >= 0.3 is 0 Å². The topological polar surface area (TPSA) is 44.7 Å². The van der Waals surface area contributed by atoms with Crippen molar-refractivity contribution in [3.05, 3.63) is 28.2 Å². The summed E-state index contributed by atoms with van der Waals surface area (Å²) in [4.78, 5) is 2.30. The molecule has 1 aromatic rings. The van der Waals surface area contributed by atoms with E-state index in [-0.39, 0.29) is 6.61 Å². The first-order chi connectivity index (χ1) is 9.72. The number of benzene rings is 1. The molecule has 0 aromatic heterocycles. The van der Waals surface area contributed by atoms with Gasteiger partial charge in [0.2, 0.25) is 0 Å². The van der Waals surface area contributed by atoms with Gasteiger partial charge in [0, 0.05) is 50.1 Å². The second kappa shape index (κ2) is 10.2. The third-order valence-electron chi connectivity index (χ3n) is 3.15. The predicted octanol–water partition coefficient (Wildman–Crippen LogP) is 2.39. The summed E-state index contributed by atoms with van der Waals surface area (Å²) in [7, 11) is 1.71. The Balaban J connectivity index is 2.76.